The van der Waals surface area contributed by atoms with Gasteiger partial charge in [0.2, 0.25) is 5.91 Å². The van der Waals surface area contributed by atoms with E-state index in [1.165, 1.54) is 18.2 Å². The minimum Gasteiger partial charge on any atom is -0.478 e. The fourth-order valence-electron chi connectivity index (χ4n) is 1.79. The topological polar surface area (TPSA) is 105 Å². The number of aryl methyl sites for hydroxylation is 1. The van der Waals surface area contributed by atoms with Gasteiger partial charge in [-0.1, -0.05) is 0 Å². The molecule has 1 heterocycles. The lowest BCUT2D eigenvalue weighted by atomic mass is 10.2. The van der Waals surface area contributed by atoms with Crippen molar-refractivity contribution >= 4 is 23.4 Å². The van der Waals surface area contributed by atoms with E-state index < -0.39 is 23.3 Å². The first-order valence-electron chi connectivity index (χ1n) is 5.95. The van der Waals surface area contributed by atoms with Crippen molar-refractivity contribution in [3.63, 3.8) is 0 Å². The van der Waals surface area contributed by atoms with Crippen LogP contribution in [0.2, 0.25) is 0 Å². The highest BCUT2D eigenvalue weighted by atomic mass is 19.1. The average molecular weight is 289 g/mol. The molecule has 21 heavy (non-hydrogen) atoms. The fraction of sp³-hybridized carbons (Fsp3) is 0.0714. The number of carbonyl (C=O) groups excluding carboxylic acids is 1. The molecule has 0 spiro atoms. The Balaban J connectivity index is 2.32. The van der Waals surface area contributed by atoms with Crippen LogP contribution in [0.5, 0.6) is 0 Å². The normalized spacial score (nSPS) is 10.2. The molecule has 0 saturated heterocycles. The summed E-state index contributed by atoms with van der Waals surface area (Å²) in [5.74, 6) is -2.50. The first-order chi connectivity index (χ1) is 9.86. The van der Waals surface area contributed by atoms with Gasteiger partial charge in [-0.25, -0.2) is 14.2 Å². The lowest BCUT2D eigenvalue weighted by Crippen LogP contribution is -2.12. The summed E-state index contributed by atoms with van der Waals surface area (Å²) >= 11 is 0. The molecule has 0 saturated carbocycles. The molecule has 0 aliphatic heterocycles. The number of primary amides is 1. The molecule has 2 aromatic rings. The van der Waals surface area contributed by atoms with Gasteiger partial charge < -0.3 is 16.2 Å². The summed E-state index contributed by atoms with van der Waals surface area (Å²) in [5, 5.41) is 11.6. The number of halogens is 1. The van der Waals surface area contributed by atoms with E-state index in [0.717, 1.165) is 12.1 Å². The molecule has 0 atom stereocenters. The third-order valence-electron chi connectivity index (χ3n) is 2.71. The summed E-state index contributed by atoms with van der Waals surface area (Å²) < 4.78 is 13.6. The Hall–Kier alpha value is -2.96. The minimum absolute atomic E-state index is 0.271. The van der Waals surface area contributed by atoms with Gasteiger partial charge in [-0.2, -0.15) is 0 Å². The monoisotopic (exact) mass is 289 g/mol. The van der Waals surface area contributed by atoms with Crippen LogP contribution in [0, 0.1) is 12.7 Å². The molecule has 7 heteroatoms. The maximum Gasteiger partial charge on any atom is 0.338 e. The van der Waals surface area contributed by atoms with Gasteiger partial charge in [0.15, 0.2) is 0 Å². The van der Waals surface area contributed by atoms with Gasteiger partial charge in [-0.15, -0.1) is 0 Å². The van der Waals surface area contributed by atoms with Gasteiger partial charge in [0.25, 0.3) is 0 Å². The Morgan fingerprint density at radius 3 is 2.57 bits per heavy atom. The van der Waals surface area contributed by atoms with Crippen molar-refractivity contribution < 1.29 is 19.1 Å². The van der Waals surface area contributed by atoms with Crippen molar-refractivity contribution in [2.45, 2.75) is 6.92 Å². The van der Waals surface area contributed by atoms with Crippen LogP contribution in [-0.4, -0.2) is 22.0 Å². The summed E-state index contributed by atoms with van der Waals surface area (Å²) in [6, 6.07) is 6.54. The summed E-state index contributed by atoms with van der Waals surface area (Å²) in [6.07, 6.45) is 0. The first-order valence-corrected chi connectivity index (χ1v) is 5.95. The number of amides is 1. The number of pyridine rings is 1. The van der Waals surface area contributed by atoms with E-state index in [9.17, 15) is 14.0 Å². The molecule has 0 radical (unpaired) electrons. The molecule has 1 amide bonds. The number of carboxylic acid groups (broad SMARTS) is 1. The minimum atomic E-state index is -1.34. The zero-order valence-electron chi connectivity index (χ0n) is 11.1. The van der Waals surface area contributed by atoms with Gasteiger partial charge in [0, 0.05) is 16.9 Å². The summed E-state index contributed by atoms with van der Waals surface area (Å²) in [5.41, 5.74) is 5.93. The van der Waals surface area contributed by atoms with Crippen LogP contribution in [0.1, 0.15) is 26.4 Å². The average Bonchev–Trinajstić information content (AvgIpc) is 2.37. The lowest BCUT2D eigenvalue weighted by molar-refractivity contribution is 0.0691. The number of benzene rings is 1. The molecule has 2 rings (SSSR count). The number of carboxylic acids is 1. The molecule has 1 aromatic carbocycles. The predicted octanol–water partition coefficient (Wildman–Crippen LogP) is 2.07. The van der Waals surface area contributed by atoms with Crippen molar-refractivity contribution in [1.29, 1.82) is 0 Å². The molecule has 0 bridgehead atoms. The second-order valence-corrected chi connectivity index (χ2v) is 4.37. The van der Waals surface area contributed by atoms with Crippen molar-refractivity contribution in [3.8, 4) is 0 Å². The Kier molecular flexibility index (Phi) is 3.84. The molecule has 0 aliphatic carbocycles. The van der Waals surface area contributed by atoms with Crippen molar-refractivity contribution in [1.82, 2.24) is 4.98 Å². The number of nitrogens with two attached hydrogens (primary N) is 1. The van der Waals surface area contributed by atoms with E-state index in [0.29, 0.717) is 17.2 Å². The highest BCUT2D eigenvalue weighted by molar-refractivity contribution is 5.93. The van der Waals surface area contributed by atoms with E-state index in [2.05, 4.69) is 10.3 Å². The number of carbonyl (C=O) groups is 2. The number of hydrogen-bond acceptors (Lipinski definition) is 4. The lowest BCUT2D eigenvalue weighted by Gasteiger charge is -2.09. The second-order valence-electron chi connectivity index (χ2n) is 4.37. The smallest absolute Gasteiger partial charge is 0.338 e. The van der Waals surface area contributed by atoms with E-state index in [4.69, 9.17) is 10.8 Å². The van der Waals surface area contributed by atoms with Crippen LogP contribution in [0.3, 0.4) is 0 Å². The largest absolute Gasteiger partial charge is 0.478 e. The molecule has 4 N–H and O–H groups in total. The number of anilines is 2. The molecule has 0 fully saturated rings. The molecule has 0 aliphatic rings. The number of nitrogens with zero attached hydrogens (tertiary/aromatic N) is 1. The highest BCUT2D eigenvalue weighted by Gasteiger charge is 2.11. The first kappa shape index (κ1) is 14.4. The van der Waals surface area contributed by atoms with Crippen LogP contribution >= 0.6 is 0 Å². The Bertz CT molecular complexity index is 731. The van der Waals surface area contributed by atoms with Gasteiger partial charge in [0.05, 0.1) is 5.56 Å². The van der Waals surface area contributed by atoms with Gasteiger partial charge in [0.1, 0.15) is 11.6 Å². The van der Waals surface area contributed by atoms with Crippen LogP contribution < -0.4 is 11.1 Å². The molecular formula is C14H12FN3O3. The molecular weight excluding hydrogens is 277 g/mol. The van der Waals surface area contributed by atoms with Crippen LogP contribution in [0.15, 0.2) is 30.3 Å². The van der Waals surface area contributed by atoms with E-state index in [1.807, 2.05) is 0 Å². The van der Waals surface area contributed by atoms with E-state index in [-0.39, 0.29) is 5.56 Å². The predicted molar refractivity (Wildman–Crippen MR) is 74.1 cm³/mol. The van der Waals surface area contributed by atoms with Gasteiger partial charge in [-0.05, 0) is 37.3 Å². The highest BCUT2D eigenvalue weighted by Crippen LogP contribution is 2.19. The quantitative estimate of drug-likeness (QED) is 0.799. The molecule has 6 nitrogen and oxygen atoms in total. The fourth-order valence-corrected chi connectivity index (χ4v) is 1.79. The standard InChI is InChI=1S/C14H12FN3O3/c1-7-4-8(13(16)19)5-12(17-7)18-9-2-3-10(14(20)21)11(15)6-9/h2-6H,1H3,(H2,16,19)(H,17,18)(H,20,21). The zero-order valence-corrected chi connectivity index (χ0v) is 11.1. The van der Waals surface area contributed by atoms with Crippen LogP contribution in [0.4, 0.5) is 15.9 Å². The Morgan fingerprint density at radius 1 is 1.29 bits per heavy atom. The summed E-state index contributed by atoms with van der Waals surface area (Å²) in [4.78, 5) is 26.0. The van der Waals surface area contributed by atoms with Crippen LogP contribution in [-0.2, 0) is 0 Å². The third kappa shape index (κ3) is 3.33. The molecule has 0 unspecified atom stereocenters. The maximum absolute atomic E-state index is 13.6. The van der Waals surface area contributed by atoms with Crippen molar-refractivity contribution in [2.24, 2.45) is 5.73 Å². The number of aromatic nitrogens is 1. The van der Waals surface area contributed by atoms with Crippen LogP contribution in [0.25, 0.3) is 0 Å². The second kappa shape index (κ2) is 5.58. The number of aromatic carboxylic acids is 1. The summed E-state index contributed by atoms with van der Waals surface area (Å²) in [6.45, 7) is 1.69. The van der Waals surface area contributed by atoms with E-state index in [1.54, 1.807) is 6.92 Å². The maximum atomic E-state index is 13.6. The third-order valence-corrected chi connectivity index (χ3v) is 2.71. The number of rotatable bonds is 4. The molecule has 108 valence electrons. The van der Waals surface area contributed by atoms with Crippen molar-refractivity contribution in [3.05, 3.63) is 53.0 Å². The number of hydrogen-bond donors (Lipinski definition) is 3. The Morgan fingerprint density at radius 2 is 2.00 bits per heavy atom. The van der Waals surface area contributed by atoms with E-state index >= 15 is 0 Å². The summed E-state index contributed by atoms with van der Waals surface area (Å²) in [7, 11) is 0. The van der Waals surface area contributed by atoms with Gasteiger partial charge in [-0.3, -0.25) is 4.79 Å². The van der Waals surface area contributed by atoms with Gasteiger partial charge >= 0.3 is 5.97 Å². The Labute approximate surface area is 119 Å². The molecule has 1 aromatic heterocycles. The zero-order chi connectivity index (χ0) is 15.6. The SMILES string of the molecule is Cc1cc(C(N)=O)cc(Nc2ccc(C(=O)O)c(F)c2)n1. The number of nitrogens with one attached hydrogen (secondary N) is 1. The van der Waals surface area contributed by atoms with Crippen molar-refractivity contribution in [2.75, 3.05) is 5.32 Å².